The SMILES string of the molecule is CCSc1nnc2n(C3CCCCC3)c(=O)c3c4c(sc3n12)CCCC4. The summed E-state index contributed by atoms with van der Waals surface area (Å²) in [5, 5.41) is 10.8. The van der Waals surface area contributed by atoms with Gasteiger partial charge in [0.25, 0.3) is 5.56 Å². The molecule has 2 aliphatic rings. The standard InChI is InChI=1S/C19H24N4OS2/c1-2-25-19-21-20-18-22(12-8-4-3-5-9-12)16(24)15-13-10-6-7-11-14(13)26-17(15)23(18)19/h12H,2-11H2,1H3. The van der Waals surface area contributed by atoms with E-state index >= 15 is 0 Å². The van der Waals surface area contributed by atoms with E-state index in [1.165, 1.54) is 42.5 Å². The fourth-order valence-corrected chi connectivity index (χ4v) is 6.72. The van der Waals surface area contributed by atoms with Gasteiger partial charge in [-0.05, 0) is 49.8 Å². The van der Waals surface area contributed by atoms with Crippen molar-refractivity contribution in [2.45, 2.75) is 75.9 Å². The number of rotatable bonds is 3. The minimum atomic E-state index is 0.180. The molecule has 0 N–H and O–H groups in total. The zero-order valence-electron chi connectivity index (χ0n) is 15.2. The minimum absolute atomic E-state index is 0.180. The maximum atomic E-state index is 13.6. The normalized spacial score (nSPS) is 18.7. The van der Waals surface area contributed by atoms with Crippen LogP contribution in [0.5, 0.6) is 0 Å². The van der Waals surface area contributed by atoms with Crippen LogP contribution in [-0.4, -0.2) is 24.9 Å². The summed E-state index contributed by atoms with van der Waals surface area (Å²) in [5.74, 6) is 1.71. The van der Waals surface area contributed by atoms with Crippen molar-refractivity contribution in [3.63, 3.8) is 0 Å². The first-order chi connectivity index (χ1) is 12.8. The van der Waals surface area contributed by atoms with E-state index < -0.39 is 0 Å². The highest BCUT2D eigenvalue weighted by Gasteiger charge is 2.28. The quantitative estimate of drug-likeness (QED) is 0.615. The van der Waals surface area contributed by atoms with E-state index in [0.29, 0.717) is 0 Å². The molecular formula is C19H24N4OS2. The van der Waals surface area contributed by atoms with Gasteiger partial charge in [0.15, 0.2) is 5.16 Å². The molecule has 0 atom stereocenters. The van der Waals surface area contributed by atoms with Gasteiger partial charge in [0.2, 0.25) is 5.78 Å². The lowest BCUT2D eigenvalue weighted by molar-refractivity contribution is 0.351. The summed E-state index contributed by atoms with van der Waals surface area (Å²) in [6, 6.07) is 0.269. The number of thioether (sulfide) groups is 1. The lowest BCUT2D eigenvalue weighted by Crippen LogP contribution is -2.29. The van der Waals surface area contributed by atoms with Crippen LogP contribution in [0.25, 0.3) is 16.0 Å². The summed E-state index contributed by atoms with van der Waals surface area (Å²) in [4.78, 5) is 16.1. The number of aryl methyl sites for hydroxylation is 2. The lowest BCUT2D eigenvalue weighted by atomic mass is 9.94. The van der Waals surface area contributed by atoms with Crippen LogP contribution in [0, 0.1) is 0 Å². The second kappa shape index (κ2) is 6.68. The number of aromatic nitrogens is 4. The van der Waals surface area contributed by atoms with E-state index in [1.807, 2.05) is 4.57 Å². The van der Waals surface area contributed by atoms with Gasteiger partial charge in [-0.1, -0.05) is 37.9 Å². The Morgan fingerprint density at radius 1 is 1.12 bits per heavy atom. The fraction of sp³-hybridized carbons (Fsp3) is 0.632. The predicted octanol–water partition coefficient (Wildman–Crippen LogP) is 4.60. The van der Waals surface area contributed by atoms with Crippen LogP contribution in [0.15, 0.2) is 9.95 Å². The first-order valence-corrected chi connectivity index (χ1v) is 11.7. The van der Waals surface area contributed by atoms with E-state index in [1.54, 1.807) is 23.1 Å². The first-order valence-electron chi connectivity index (χ1n) is 9.86. The third-order valence-electron chi connectivity index (χ3n) is 5.83. The van der Waals surface area contributed by atoms with Crippen molar-refractivity contribution in [2.75, 3.05) is 5.75 Å². The van der Waals surface area contributed by atoms with Gasteiger partial charge in [-0.15, -0.1) is 21.5 Å². The van der Waals surface area contributed by atoms with Gasteiger partial charge in [-0.3, -0.25) is 9.36 Å². The Balaban J connectivity index is 1.87. The number of nitrogens with zero attached hydrogens (tertiary/aromatic N) is 4. The number of fused-ring (bicyclic) bond motifs is 5. The van der Waals surface area contributed by atoms with E-state index in [0.717, 1.165) is 52.6 Å². The molecule has 0 spiro atoms. The fourth-order valence-electron chi connectivity index (χ4n) is 4.63. The lowest BCUT2D eigenvalue weighted by Gasteiger charge is -2.24. The molecule has 1 fully saturated rings. The molecule has 0 aromatic carbocycles. The molecule has 3 aromatic heterocycles. The monoisotopic (exact) mass is 388 g/mol. The molecule has 2 aliphatic carbocycles. The second-order valence-corrected chi connectivity index (χ2v) is 9.72. The highest BCUT2D eigenvalue weighted by atomic mass is 32.2. The molecule has 0 bridgehead atoms. The molecule has 0 radical (unpaired) electrons. The topological polar surface area (TPSA) is 52.2 Å². The van der Waals surface area contributed by atoms with E-state index in [9.17, 15) is 4.79 Å². The van der Waals surface area contributed by atoms with Gasteiger partial charge in [-0.2, -0.15) is 0 Å². The Hall–Kier alpha value is -1.34. The zero-order valence-corrected chi connectivity index (χ0v) is 16.8. The molecule has 26 heavy (non-hydrogen) atoms. The first kappa shape index (κ1) is 16.8. The van der Waals surface area contributed by atoms with Crippen molar-refractivity contribution >= 4 is 39.1 Å². The molecular weight excluding hydrogens is 364 g/mol. The zero-order chi connectivity index (χ0) is 17.7. The molecule has 5 rings (SSSR count). The third-order valence-corrected chi connectivity index (χ3v) is 7.92. The molecule has 5 nitrogen and oxygen atoms in total. The van der Waals surface area contributed by atoms with Crippen LogP contribution in [0.4, 0.5) is 0 Å². The Labute approximate surface area is 160 Å². The van der Waals surface area contributed by atoms with Crippen molar-refractivity contribution < 1.29 is 0 Å². The maximum Gasteiger partial charge on any atom is 0.264 e. The van der Waals surface area contributed by atoms with E-state index in [-0.39, 0.29) is 11.6 Å². The Bertz CT molecular complexity index is 1030. The van der Waals surface area contributed by atoms with Crippen molar-refractivity contribution in [1.29, 1.82) is 0 Å². The molecule has 3 heterocycles. The van der Waals surface area contributed by atoms with Gasteiger partial charge in [0, 0.05) is 10.9 Å². The Morgan fingerprint density at radius 3 is 2.73 bits per heavy atom. The molecule has 0 amide bonds. The summed E-state index contributed by atoms with van der Waals surface area (Å²) < 4.78 is 4.18. The average Bonchev–Trinajstić information content (AvgIpc) is 3.25. The molecule has 1 saturated carbocycles. The van der Waals surface area contributed by atoms with Crippen molar-refractivity contribution in [3.05, 3.63) is 20.8 Å². The maximum absolute atomic E-state index is 13.6. The van der Waals surface area contributed by atoms with Crippen LogP contribution in [0.3, 0.4) is 0 Å². The summed E-state index contributed by atoms with van der Waals surface area (Å²) in [5.41, 5.74) is 1.49. The van der Waals surface area contributed by atoms with Gasteiger partial charge < -0.3 is 0 Å². The molecule has 7 heteroatoms. The van der Waals surface area contributed by atoms with Crippen LogP contribution in [-0.2, 0) is 12.8 Å². The summed E-state index contributed by atoms with van der Waals surface area (Å²) in [6.45, 7) is 2.14. The summed E-state index contributed by atoms with van der Waals surface area (Å²) in [6.07, 6.45) is 10.4. The minimum Gasteiger partial charge on any atom is -0.273 e. The number of thiophene rings is 1. The molecule has 0 saturated heterocycles. The smallest absolute Gasteiger partial charge is 0.264 e. The van der Waals surface area contributed by atoms with Crippen LogP contribution >= 0.6 is 23.1 Å². The van der Waals surface area contributed by atoms with Crippen molar-refractivity contribution in [3.8, 4) is 0 Å². The highest BCUT2D eigenvalue weighted by Crippen LogP contribution is 2.37. The van der Waals surface area contributed by atoms with Gasteiger partial charge in [0.05, 0.1) is 5.39 Å². The molecule has 138 valence electrons. The molecule has 0 unspecified atom stereocenters. The summed E-state index contributed by atoms with van der Waals surface area (Å²) in [7, 11) is 0. The molecule has 0 aliphatic heterocycles. The number of hydrogen-bond acceptors (Lipinski definition) is 5. The summed E-state index contributed by atoms with van der Waals surface area (Å²) >= 11 is 3.51. The van der Waals surface area contributed by atoms with Crippen LogP contribution < -0.4 is 5.56 Å². The van der Waals surface area contributed by atoms with Crippen LogP contribution in [0.1, 0.15) is 68.4 Å². The van der Waals surface area contributed by atoms with Crippen LogP contribution in [0.2, 0.25) is 0 Å². The van der Waals surface area contributed by atoms with Crippen molar-refractivity contribution in [2.24, 2.45) is 0 Å². The van der Waals surface area contributed by atoms with Gasteiger partial charge >= 0.3 is 0 Å². The largest absolute Gasteiger partial charge is 0.273 e. The third kappa shape index (κ3) is 2.47. The predicted molar refractivity (Wildman–Crippen MR) is 108 cm³/mol. The molecule has 3 aromatic rings. The van der Waals surface area contributed by atoms with E-state index in [4.69, 9.17) is 0 Å². The highest BCUT2D eigenvalue weighted by molar-refractivity contribution is 7.99. The average molecular weight is 389 g/mol. The Morgan fingerprint density at radius 2 is 1.92 bits per heavy atom. The Kier molecular flexibility index (Phi) is 4.32. The number of hydrogen-bond donors (Lipinski definition) is 0. The second-order valence-electron chi connectivity index (χ2n) is 7.41. The van der Waals surface area contributed by atoms with Gasteiger partial charge in [0.1, 0.15) is 4.83 Å². The van der Waals surface area contributed by atoms with E-state index in [2.05, 4.69) is 21.5 Å². The van der Waals surface area contributed by atoms with Crippen molar-refractivity contribution in [1.82, 2.24) is 19.2 Å². The van der Waals surface area contributed by atoms with Gasteiger partial charge in [-0.25, -0.2) is 4.40 Å².